The summed E-state index contributed by atoms with van der Waals surface area (Å²) in [5.41, 5.74) is 2.33. The van der Waals surface area contributed by atoms with E-state index in [1.165, 1.54) is 11.9 Å². The molecule has 2 aliphatic heterocycles. The summed E-state index contributed by atoms with van der Waals surface area (Å²) < 4.78 is 3.45. The molecule has 8 nitrogen and oxygen atoms in total. The highest BCUT2D eigenvalue weighted by molar-refractivity contribution is 6.36. The Morgan fingerprint density at radius 3 is 2.34 bits per heavy atom. The number of amidine groups is 1. The summed E-state index contributed by atoms with van der Waals surface area (Å²) in [6.45, 7) is 4.01. The van der Waals surface area contributed by atoms with Crippen molar-refractivity contribution < 1.29 is 14.2 Å². The van der Waals surface area contributed by atoms with Crippen LogP contribution in [0.15, 0.2) is 29.3 Å². The summed E-state index contributed by atoms with van der Waals surface area (Å²) in [6.07, 6.45) is 0. The molecule has 3 heterocycles. The monoisotopic (exact) mass is 433 g/mol. The number of hydrogen-bond acceptors (Lipinski definition) is 4. The van der Waals surface area contributed by atoms with E-state index in [4.69, 9.17) is 23.2 Å². The van der Waals surface area contributed by atoms with E-state index in [0.29, 0.717) is 27.4 Å². The summed E-state index contributed by atoms with van der Waals surface area (Å²) in [7, 11) is 3.06. The minimum Gasteiger partial charge on any atom is -0.270 e. The fourth-order valence-electron chi connectivity index (χ4n) is 3.60. The van der Waals surface area contributed by atoms with Crippen LogP contribution in [0.5, 0.6) is 0 Å². The molecule has 0 radical (unpaired) electrons. The molecule has 150 valence electrons. The fraction of sp³-hybridized carbons (Fsp3) is 0.316. The van der Waals surface area contributed by atoms with Crippen LogP contribution in [0, 0.1) is 13.8 Å². The molecule has 0 bridgehead atoms. The molecule has 4 rings (SSSR count). The summed E-state index contributed by atoms with van der Waals surface area (Å²) in [5, 5.41) is 5.48. The summed E-state index contributed by atoms with van der Waals surface area (Å²) in [5.74, 6) is 0.422. The molecule has 1 aromatic carbocycles. The van der Waals surface area contributed by atoms with Gasteiger partial charge >= 0.3 is 12.0 Å². The summed E-state index contributed by atoms with van der Waals surface area (Å²) in [6, 6.07) is 5.95. The zero-order valence-corrected chi connectivity index (χ0v) is 17.9. The van der Waals surface area contributed by atoms with Gasteiger partial charge in [0.25, 0.3) is 5.91 Å². The normalized spacial score (nSPS) is 19.2. The van der Waals surface area contributed by atoms with Crippen LogP contribution in [0.25, 0.3) is 0 Å². The van der Waals surface area contributed by atoms with Gasteiger partial charge in [-0.25, -0.2) is 9.37 Å². The Balaban J connectivity index is 1.92. The van der Waals surface area contributed by atoms with Crippen molar-refractivity contribution in [2.24, 2.45) is 4.99 Å². The third kappa shape index (κ3) is 3.03. The molecule has 1 aromatic heterocycles. The molecule has 2 aromatic rings. The van der Waals surface area contributed by atoms with Gasteiger partial charge in [0.05, 0.1) is 12.2 Å². The van der Waals surface area contributed by atoms with Gasteiger partial charge in [0.2, 0.25) is 11.9 Å². The number of benzene rings is 1. The smallest absolute Gasteiger partial charge is 0.270 e. The summed E-state index contributed by atoms with van der Waals surface area (Å²) in [4.78, 5) is 32.6. The van der Waals surface area contributed by atoms with Crippen LogP contribution < -0.4 is 0 Å². The Kier molecular flexibility index (Phi) is 4.71. The van der Waals surface area contributed by atoms with Gasteiger partial charge in [-0.3, -0.25) is 14.6 Å². The number of carbonyl (C=O) groups is 2. The third-order valence-electron chi connectivity index (χ3n) is 5.10. The van der Waals surface area contributed by atoms with E-state index < -0.39 is 12.1 Å². The number of aryl methyl sites for hydroxylation is 2. The zero-order chi connectivity index (χ0) is 21.0. The molecule has 1 atom stereocenters. The Morgan fingerprint density at radius 1 is 1.10 bits per heavy atom. The van der Waals surface area contributed by atoms with E-state index in [2.05, 4.69) is 10.1 Å². The van der Waals surface area contributed by atoms with Crippen LogP contribution in [0.3, 0.4) is 0 Å². The standard InChI is InChI=1S/C19H19Cl2N6O2/c1-10-8-11(2)27(23-10)18-22-16-15(17(28)25(4)19(29)24(16)3)26(18)9-12-13(20)6-5-7-14(12)21/h5-8,15H,9H2,1-4H3/q+1. The number of hydrogen-bond donors (Lipinski definition) is 0. The van der Waals surface area contributed by atoms with Crippen molar-refractivity contribution in [2.75, 3.05) is 14.1 Å². The first-order chi connectivity index (χ1) is 13.7. The number of likely N-dealkylation sites (N-methyl/N-ethyl adjacent to an activating group) is 2. The number of aliphatic imine (C=N–C) groups is 1. The molecule has 1 unspecified atom stereocenters. The first-order valence-corrected chi connectivity index (χ1v) is 9.70. The van der Waals surface area contributed by atoms with E-state index >= 15 is 0 Å². The average Bonchev–Trinajstić information content (AvgIpc) is 3.20. The number of amides is 3. The van der Waals surface area contributed by atoms with E-state index in [0.717, 1.165) is 16.3 Å². The molecule has 1 fully saturated rings. The molecule has 0 saturated carbocycles. The molecule has 0 aliphatic carbocycles. The predicted octanol–water partition coefficient (Wildman–Crippen LogP) is 2.53. The van der Waals surface area contributed by atoms with Crippen LogP contribution in [-0.2, 0) is 11.3 Å². The maximum atomic E-state index is 13.0. The van der Waals surface area contributed by atoms with Gasteiger partial charge in [0, 0.05) is 29.7 Å². The van der Waals surface area contributed by atoms with Gasteiger partial charge in [0.1, 0.15) is 5.69 Å². The highest BCUT2D eigenvalue weighted by atomic mass is 35.5. The molecular formula is C19H19Cl2N6O2+. The van der Waals surface area contributed by atoms with Crippen LogP contribution in [0.4, 0.5) is 4.79 Å². The van der Waals surface area contributed by atoms with Crippen molar-refractivity contribution in [1.82, 2.24) is 19.6 Å². The van der Waals surface area contributed by atoms with Crippen molar-refractivity contribution >= 4 is 46.9 Å². The molecule has 0 N–H and O–H groups in total. The van der Waals surface area contributed by atoms with Crippen LogP contribution in [0.1, 0.15) is 17.0 Å². The molecular weight excluding hydrogens is 415 g/mol. The maximum absolute atomic E-state index is 13.0. The van der Waals surface area contributed by atoms with E-state index in [9.17, 15) is 9.59 Å². The first-order valence-electron chi connectivity index (χ1n) is 8.94. The van der Waals surface area contributed by atoms with Gasteiger partial charge in [-0.2, -0.15) is 0 Å². The summed E-state index contributed by atoms with van der Waals surface area (Å²) >= 11 is 12.8. The molecule has 29 heavy (non-hydrogen) atoms. The fourth-order valence-corrected chi connectivity index (χ4v) is 4.12. The minimum atomic E-state index is -0.783. The first kappa shape index (κ1) is 19.6. The number of fused-ring (bicyclic) bond motifs is 1. The molecule has 1 saturated heterocycles. The quantitative estimate of drug-likeness (QED) is 0.682. The lowest BCUT2D eigenvalue weighted by Gasteiger charge is -2.31. The number of urea groups is 1. The van der Waals surface area contributed by atoms with Gasteiger partial charge in [0.15, 0.2) is 0 Å². The van der Waals surface area contributed by atoms with Crippen LogP contribution in [0.2, 0.25) is 10.0 Å². The Bertz CT molecular complexity index is 1100. The molecule has 10 heteroatoms. The minimum absolute atomic E-state index is 0.228. The lowest BCUT2D eigenvalue weighted by molar-refractivity contribution is -0.553. The number of rotatable bonds is 2. The Hall–Kier alpha value is -2.71. The van der Waals surface area contributed by atoms with Crippen LogP contribution in [-0.4, -0.2) is 68.0 Å². The third-order valence-corrected chi connectivity index (χ3v) is 5.81. The van der Waals surface area contributed by atoms with E-state index in [-0.39, 0.29) is 12.5 Å². The van der Waals surface area contributed by atoms with E-state index in [1.807, 2.05) is 19.9 Å². The number of carbonyl (C=O) groups excluding carboxylic acids is 2. The van der Waals surface area contributed by atoms with Crippen molar-refractivity contribution in [3.05, 3.63) is 51.3 Å². The Morgan fingerprint density at radius 2 is 1.76 bits per heavy atom. The Labute approximate surface area is 177 Å². The number of halogens is 2. The second kappa shape index (κ2) is 6.96. The lowest BCUT2D eigenvalue weighted by atomic mass is 10.1. The van der Waals surface area contributed by atoms with Crippen molar-refractivity contribution in [1.29, 1.82) is 0 Å². The van der Waals surface area contributed by atoms with Crippen molar-refractivity contribution in [3.63, 3.8) is 0 Å². The van der Waals surface area contributed by atoms with Gasteiger partial charge in [-0.15, -0.1) is 9.78 Å². The van der Waals surface area contributed by atoms with Crippen molar-refractivity contribution in [2.45, 2.75) is 26.4 Å². The average molecular weight is 434 g/mol. The second-order valence-corrected chi connectivity index (χ2v) is 7.89. The van der Waals surface area contributed by atoms with Gasteiger partial charge in [-0.1, -0.05) is 34.3 Å². The second-order valence-electron chi connectivity index (χ2n) is 7.08. The van der Waals surface area contributed by atoms with Gasteiger partial charge in [-0.05, 0) is 32.0 Å². The largest absolute Gasteiger partial charge is 0.421 e. The topological polar surface area (TPSA) is 73.8 Å². The number of imide groups is 1. The maximum Gasteiger partial charge on any atom is 0.421 e. The molecule has 0 spiro atoms. The zero-order valence-electron chi connectivity index (χ0n) is 16.3. The molecule has 2 aliphatic rings. The predicted molar refractivity (Wildman–Crippen MR) is 110 cm³/mol. The van der Waals surface area contributed by atoms with E-state index in [1.54, 1.807) is 34.5 Å². The van der Waals surface area contributed by atoms with Gasteiger partial charge < -0.3 is 0 Å². The highest BCUT2D eigenvalue weighted by Gasteiger charge is 2.52. The highest BCUT2D eigenvalue weighted by Crippen LogP contribution is 2.28. The number of nitrogens with zero attached hydrogens (tertiary/aromatic N) is 6. The lowest BCUT2D eigenvalue weighted by Crippen LogP contribution is -2.61. The SMILES string of the molecule is Cc1cc(C)n(C2=[N+](Cc3c(Cl)cccc3Cl)C3C(=O)N(C)C(=O)N(C)C3=N2)n1. The molecule has 3 amide bonds. The number of aromatic nitrogens is 2. The van der Waals surface area contributed by atoms with Crippen molar-refractivity contribution in [3.8, 4) is 0 Å². The van der Waals surface area contributed by atoms with Crippen LogP contribution >= 0.6 is 23.2 Å².